The van der Waals surface area contributed by atoms with E-state index < -0.39 is 0 Å². The fourth-order valence-electron chi connectivity index (χ4n) is 2.55. The van der Waals surface area contributed by atoms with Gasteiger partial charge in [0.2, 0.25) is 5.91 Å². The summed E-state index contributed by atoms with van der Waals surface area (Å²) in [7, 11) is 0. The molecule has 0 spiro atoms. The van der Waals surface area contributed by atoms with E-state index in [-0.39, 0.29) is 30.0 Å². The van der Waals surface area contributed by atoms with Gasteiger partial charge in [-0.05, 0) is 49.6 Å². The summed E-state index contributed by atoms with van der Waals surface area (Å²) in [6.45, 7) is 2.58. The van der Waals surface area contributed by atoms with E-state index in [2.05, 4.69) is 5.32 Å². The molecule has 3 N–H and O–H groups in total. The summed E-state index contributed by atoms with van der Waals surface area (Å²) in [4.78, 5) is 25.6. The highest BCUT2D eigenvalue weighted by atomic mass is 35.5. The molecule has 0 saturated carbocycles. The van der Waals surface area contributed by atoms with Crippen LogP contribution in [0.15, 0.2) is 24.3 Å². The fourth-order valence-corrected chi connectivity index (χ4v) is 2.55. The largest absolute Gasteiger partial charge is 0.352 e. The lowest BCUT2D eigenvalue weighted by Crippen LogP contribution is -2.31. The van der Waals surface area contributed by atoms with Crippen LogP contribution in [0.3, 0.4) is 0 Å². The Morgan fingerprint density at radius 3 is 2.61 bits per heavy atom. The van der Waals surface area contributed by atoms with Crippen molar-refractivity contribution in [3.05, 3.63) is 35.6 Å². The van der Waals surface area contributed by atoms with Gasteiger partial charge in [0.05, 0.1) is 0 Å². The van der Waals surface area contributed by atoms with Gasteiger partial charge in [-0.25, -0.2) is 4.39 Å². The van der Waals surface area contributed by atoms with Gasteiger partial charge in [-0.1, -0.05) is 0 Å². The first-order valence-corrected chi connectivity index (χ1v) is 7.61. The normalized spacial score (nSPS) is 16.8. The molecule has 2 amide bonds. The third-order valence-corrected chi connectivity index (χ3v) is 3.93. The Bertz CT molecular complexity index is 525. The van der Waals surface area contributed by atoms with Crippen LogP contribution in [0, 0.1) is 11.7 Å². The molecule has 1 aliphatic heterocycles. The Morgan fingerprint density at radius 1 is 1.30 bits per heavy atom. The molecular weight excluding hydrogens is 321 g/mol. The zero-order valence-corrected chi connectivity index (χ0v) is 13.8. The van der Waals surface area contributed by atoms with E-state index in [1.165, 1.54) is 24.3 Å². The maximum atomic E-state index is 12.8. The number of nitrogens with zero attached hydrogens (tertiary/aromatic N) is 1. The number of rotatable bonds is 6. The average Bonchev–Trinajstić information content (AvgIpc) is 3.01. The molecule has 2 rings (SSSR count). The Balaban J connectivity index is 0.00000264. The summed E-state index contributed by atoms with van der Waals surface area (Å²) >= 11 is 0. The van der Waals surface area contributed by atoms with Crippen molar-refractivity contribution in [1.82, 2.24) is 10.2 Å². The summed E-state index contributed by atoms with van der Waals surface area (Å²) in [5, 5.41) is 2.73. The molecule has 1 fully saturated rings. The monoisotopic (exact) mass is 343 g/mol. The third-order valence-electron chi connectivity index (χ3n) is 3.93. The van der Waals surface area contributed by atoms with Crippen LogP contribution in [0.1, 0.15) is 29.6 Å². The predicted molar refractivity (Wildman–Crippen MR) is 89.0 cm³/mol. The number of amides is 2. The van der Waals surface area contributed by atoms with Gasteiger partial charge in [0, 0.05) is 31.6 Å². The van der Waals surface area contributed by atoms with Crippen molar-refractivity contribution >= 4 is 24.2 Å². The summed E-state index contributed by atoms with van der Waals surface area (Å²) in [6.07, 6.45) is 1.99. The molecule has 1 atom stereocenters. The minimum Gasteiger partial charge on any atom is -0.352 e. The molecule has 0 aromatic heterocycles. The number of nitrogens with one attached hydrogen (secondary N) is 1. The van der Waals surface area contributed by atoms with E-state index in [4.69, 9.17) is 5.73 Å². The van der Waals surface area contributed by atoms with Crippen molar-refractivity contribution in [2.45, 2.75) is 19.3 Å². The number of likely N-dealkylation sites (tertiary alicyclic amines) is 1. The summed E-state index contributed by atoms with van der Waals surface area (Å²) in [5.74, 6) is -0.0885. The van der Waals surface area contributed by atoms with Crippen LogP contribution >= 0.6 is 12.4 Å². The van der Waals surface area contributed by atoms with Crippen molar-refractivity contribution in [1.29, 1.82) is 0 Å². The van der Waals surface area contributed by atoms with Gasteiger partial charge in [-0.2, -0.15) is 0 Å². The lowest BCUT2D eigenvalue weighted by molar-refractivity contribution is -0.130. The third kappa shape index (κ3) is 5.80. The van der Waals surface area contributed by atoms with Crippen molar-refractivity contribution in [2.75, 3.05) is 26.2 Å². The van der Waals surface area contributed by atoms with Crippen LogP contribution in [0.4, 0.5) is 4.39 Å². The standard InChI is InChI=1S/C16H22FN3O2.ClH/c17-14-5-3-13(4-6-14)16(22)19-8-1-2-15(21)20-9-7-12(10-18)11-20;/h3-6,12H,1-2,7-11,18H2,(H,19,22);1H. The molecule has 0 aliphatic carbocycles. The topological polar surface area (TPSA) is 75.4 Å². The number of halogens is 2. The highest BCUT2D eigenvalue weighted by Crippen LogP contribution is 2.15. The number of hydrogen-bond acceptors (Lipinski definition) is 3. The van der Waals surface area contributed by atoms with Crippen molar-refractivity contribution in [2.24, 2.45) is 11.7 Å². The zero-order chi connectivity index (χ0) is 15.9. The van der Waals surface area contributed by atoms with E-state index in [0.717, 1.165) is 19.5 Å². The minimum absolute atomic E-state index is 0. The van der Waals surface area contributed by atoms with Gasteiger partial charge < -0.3 is 16.0 Å². The quantitative estimate of drug-likeness (QED) is 0.770. The van der Waals surface area contributed by atoms with Crippen LogP contribution in [0.25, 0.3) is 0 Å². The van der Waals surface area contributed by atoms with Crippen LogP contribution in [-0.2, 0) is 4.79 Å². The van der Waals surface area contributed by atoms with Gasteiger partial charge in [0.25, 0.3) is 5.91 Å². The van der Waals surface area contributed by atoms with Gasteiger partial charge in [-0.3, -0.25) is 9.59 Å². The molecule has 1 saturated heterocycles. The van der Waals surface area contributed by atoms with E-state index in [1.54, 1.807) is 0 Å². The lowest BCUT2D eigenvalue weighted by Gasteiger charge is -2.16. The lowest BCUT2D eigenvalue weighted by atomic mass is 10.1. The first-order valence-electron chi connectivity index (χ1n) is 7.61. The van der Waals surface area contributed by atoms with Gasteiger partial charge in [-0.15, -0.1) is 12.4 Å². The van der Waals surface area contributed by atoms with Crippen molar-refractivity contribution in [3.63, 3.8) is 0 Å². The summed E-state index contributed by atoms with van der Waals surface area (Å²) in [6, 6.07) is 5.37. The second-order valence-electron chi connectivity index (χ2n) is 5.60. The first-order chi connectivity index (χ1) is 10.6. The maximum Gasteiger partial charge on any atom is 0.251 e. The van der Waals surface area contributed by atoms with Gasteiger partial charge in [0.15, 0.2) is 0 Å². The van der Waals surface area contributed by atoms with E-state index >= 15 is 0 Å². The number of carbonyl (C=O) groups excluding carboxylic acids is 2. The molecule has 5 nitrogen and oxygen atoms in total. The highest BCUT2D eigenvalue weighted by molar-refractivity contribution is 5.94. The number of carbonyl (C=O) groups is 2. The van der Waals surface area contributed by atoms with Crippen LogP contribution < -0.4 is 11.1 Å². The van der Waals surface area contributed by atoms with E-state index in [0.29, 0.717) is 37.4 Å². The van der Waals surface area contributed by atoms with Crippen molar-refractivity contribution in [3.8, 4) is 0 Å². The second kappa shape index (κ2) is 9.47. The molecule has 128 valence electrons. The molecule has 0 radical (unpaired) electrons. The summed E-state index contributed by atoms with van der Waals surface area (Å²) in [5.41, 5.74) is 6.02. The van der Waals surface area contributed by atoms with E-state index in [9.17, 15) is 14.0 Å². The molecule has 1 unspecified atom stereocenters. The smallest absolute Gasteiger partial charge is 0.251 e. The Kier molecular flexibility index (Phi) is 7.98. The van der Waals surface area contributed by atoms with Gasteiger partial charge in [0.1, 0.15) is 5.82 Å². The molecular formula is C16H23ClFN3O2. The summed E-state index contributed by atoms with van der Waals surface area (Å²) < 4.78 is 12.8. The molecule has 1 aromatic rings. The first kappa shape index (κ1) is 19.4. The highest BCUT2D eigenvalue weighted by Gasteiger charge is 2.24. The zero-order valence-electron chi connectivity index (χ0n) is 13.0. The van der Waals surface area contributed by atoms with Crippen LogP contribution in [-0.4, -0.2) is 42.9 Å². The van der Waals surface area contributed by atoms with Crippen LogP contribution in [0.2, 0.25) is 0 Å². The Labute approximate surface area is 141 Å². The van der Waals surface area contributed by atoms with E-state index in [1.807, 2.05) is 4.90 Å². The Hall–Kier alpha value is -1.66. The number of hydrogen-bond donors (Lipinski definition) is 2. The molecule has 7 heteroatoms. The van der Waals surface area contributed by atoms with Crippen LogP contribution in [0.5, 0.6) is 0 Å². The van der Waals surface area contributed by atoms with Gasteiger partial charge >= 0.3 is 0 Å². The molecule has 0 bridgehead atoms. The molecule has 1 heterocycles. The average molecular weight is 344 g/mol. The number of nitrogens with two attached hydrogens (primary N) is 1. The minimum atomic E-state index is -0.372. The fraction of sp³-hybridized carbons (Fsp3) is 0.500. The number of benzene rings is 1. The molecule has 1 aliphatic rings. The predicted octanol–water partition coefficient (Wildman–Crippen LogP) is 1.56. The van der Waals surface area contributed by atoms with Crippen molar-refractivity contribution < 1.29 is 14.0 Å². The maximum absolute atomic E-state index is 12.8. The molecule has 23 heavy (non-hydrogen) atoms. The second-order valence-corrected chi connectivity index (χ2v) is 5.60. The Morgan fingerprint density at radius 2 is 2.00 bits per heavy atom. The SMILES string of the molecule is Cl.NCC1CCN(C(=O)CCCNC(=O)c2ccc(F)cc2)C1. The molecule has 1 aromatic carbocycles.